The van der Waals surface area contributed by atoms with Gasteiger partial charge >= 0.3 is 12.0 Å². The smallest absolute Gasteiger partial charge is 0.338 e. The van der Waals surface area contributed by atoms with Gasteiger partial charge in [0.15, 0.2) is 18.1 Å². The minimum absolute atomic E-state index is 0.199. The van der Waals surface area contributed by atoms with Crippen LogP contribution in [0.4, 0.5) is 4.79 Å². The highest BCUT2D eigenvalue weighted by atomic mass is 16.5. The molecule has 3 N–H and O–H groups in total. The molecule has 1 aromatic carbocycles. The number of urea groups is 1. The highest BCUT2D eigenvalue weighted by molar-refractivity contribution is 5.95. The Morgan fingerprint density at radius 2 is 1.88 bits per heavy atom. The number of methoxy groups -OCH3 is 1. The van der Waals surface area contributed by atoms with Crippen molar-refractivity contribution in [2.75, 3.05) is 20.3 Å². The van der Waals surface area contributed by atoms with Gasteiger partial charge in [0, 0.05) is 28.7 Å². The highest BCUT2D eigenvalue weighted by Gasteiger charge is 2.32. The molecule has 11 heteroatoms. The zero-order chi connectivity index (χ0) is 29.5. The summed E-state index contributed by atoms with van der Waals surface area (Å²) in [7, 11) is 1.47. The molecule has 220 valence electrons. The number of aromatic nitrogens is 1. The van der Waals surface area contributed by atoms with E-state index >= 15 is 0 Å². The van der Waals surface area contributed by atoms with E-state index in [9.17, 15) is 14.4 Å². The normalized spacial score (nSPS) is 17.7. The zero-order valence-electron chi connectivity index (χ0n) is 24.3. The molecule has 4 rings (SSSR count). The Morgan fingerprint density at radius 1 is 1.12 bits per heavy atom. The molecule has 1 atom stereocenters. The number of rotatable bonds is 10. The second kappa shape index (κ2) is 13.4. The average molecular weight is 566 g/mol. The number of nitrogens with zero attached hydrogens (tertiary/aromatic N) is 2. The fourth-order valence-corrected chi connectivity index (χ4v) is 5.59. The van der Waals surface area contributed by atoms with Crippen LogP contribution in [0.2, 0.25) is 0 Å². The topological polar surface area (TPSA) is 132 Å². The number of ether oxygens (including phenoxy) is 3. The summed E-state index contributed by atoms with van der Waals surface area (Å²) in [5.41, 5.74) is 7.13. The molecule has 2 heterocycles. The van der Waals surface area contributed by atoms with Crippen molar-refractivity contribution >= 4 is 24.1 Å². The molecule has 1 saturated carbocycles. The van der Waals surface area contributed by atoms with Gasteiger partial charge in [-0.1, -0.05) is 25.3 Å². The van der Waals surface area contributed by atoms with Crippen LogP contribution in [0.1, 0.15) is 80.6 Å². The standard InChI is InChI=1S/C30H39N5O6/c1-6-40-29(37)27-19(3)32-30(38)33-28(27)21-12-13-24(25(15-21)39-5)41-17-26(36)34-31-16-22-14-18(2)35(20(22)4)23-10-8-7-9-11-23/h12-16,23,28H,6-11,17H2,1-5H3,(H,34,36)(H2,32,33,38)/b31-16-/t28-/m0/s1. The third-order valence-electron chi connectivity index (χ3n) is 7.50. The summed E-state index contributed by atoms with van der Waals surface area (Å²) in [6, 6.07) is 6.40. The van der Waals surface area contributed by atoms with Gasteiger partial charge in [0.1, 0.15) is 0 Å². The first-order valence-electron chi connectivity index (χ1n) is 14.0. The maximum absolute atomic E-state index is 12.6. The Hall–Kier alpha value is -4.28. The fourth-order valence-electron chi connectivity index (χ4n) is 5.59. The van der Waals surface area contributed by atoms with E-state index in [1.807, 2.05) is 0 Å². The molecule has 1 aliphatic carbocycles. The quantitative estimate of drug-likeness (QED) is 0.223. The lowest BCUT2D eigenvalue weighted by Crippen LogP contribution is -2.45. The SMILES string of the molecule is CCOC(=O)C1=C(C)NC(=O)N[C@H]1c1ccc(OCC(=O)N/N=C\c2cc(C)n(C3CCCCC3)c2C)c(OC)c1. The third kappa shape index (κ3) is 6.90. The Balaban J connectivity index is 1.39. The lowest BCUT2D eigenvalue weighted by Gasteiger charge is -2.28. The van der Waals surface area contributed by atoms with Crippen LogP contribution in [0.5, 0.6) is 11.5 Å². The number of aryl methyl sites for hydroxylation is 1. The van der Waals surface area contributed by atoms with Gasteiger partial charge in [-0.05, 0) is 64.3 Å². The Bertz CT molecular complexity index is 1360. The number of hydrogen-bond acceptors (Lipinski definition) is 7. The summed E-state index contributed by atoms with van der Waals surface area (Å²) in [4.78, 5) is 37.2. The summed E-state index contributed by atoms with van der Waals surface area (Å²) in [6.45, 7) is 7.47. The number of benzene rings is 1. The van der Waals surface area contributed by atoms with E-state index in [2.05, 4.69) is 45.6 Å². The monoisotopic (exact) mass is 565 g/mol. The maximum Gasteiger partial charge on any atom is 0.338 e. The van der Waals surface area contributed by atoms with Crippen molar-refractivity contribution < 1.29 is 28.6 Å². The van der Waals surface area contributed by atoms with Crippen LogP contribution in [-0.2, 0) is 14.3 Å². The van der Waals surface area contributed by atoms with Gasteiger partial charge in [-0.2, -0.15) is 5.10 Å². The number of allylic oxidation sites excluding steroid dienone is 1. The number of nitrogens with one attached hydrogen (secondary N) is 3. The van der Waals surface area contributed by atoms with Gasteiger partial charge in [0.25, 0.3) is 5.91 Å². The minimum atomic E-state index is -0.747. The Labute approximate surface area is 240 Å². The molecular weight excluding hydrogens is 526 g/mol. The van der Waals surface area contributed by atoms with E-state index in [0.717, 1.165) is 11.3 Å². The maximum atomic E-state index is 12.6. The Morgan fingerprint density at radius 3 is 2.59 bits per heavy atom. The molecule has 41 heavy (non-hydrogen) atoms. The van der Waals surface area contributed by atoms with Crippen LogP contribution in [0.15, 0.2) is 40.6 Å². The van der Waals surface area contributed by atoms with Crippen LogP contribution in [-0.4, -0.2) is 49.0 Å². The molecule has 2 aromatic rings. The molecule has 0 spiro atoms. The molecule has 2 aliphatic rings. The van der Waals surface area contributed by atoms with Gasteiger partial charge in [-0.15, -0.1) is 0 Å². The van der Waals surface area contributed by atoms with Crippen LogP contribution >= 0.6 is 0 Å². The van der Waals surface area contributed by atoms with Crippen LogP contribution < -0.4 is 25.5 Å². The summed E-state index contributed by atoms with van der Waals surface area (Å²) in [5.74, 6) is -0.301. The van der Waals surface area contributed by atoms with E-state index in [-0.39, 0.29) is 13.2 Å². The zero-order valence-corrected chi connectivity index (χ0v) is 24.3. The second-order valence-corrected chi connectivity index (χ2v) is 10.3. The van der Waals surface area contributed by atoms with E-state index in [4.69, 9.17) is 14.2 Å². The highest BCUT2D eigenvalue weighted by Crippen LogP contribution is 2.35. The lowest BCUT2D eigenvalue weighted by molar-refractivity contribution is -0.139. The van der Waals surface area contributed by atoms with E-state index < -0.39 is 23.9 Å². The van der Waals surface area contributed by atoms with Gasteiger partial charge < -0.3 is 29.4 Å². The first-order valence-corrected chi connectivity index (χ1v) is 14.0. The number of esters is 1. The minimum Gasteiger partial charge on any atom is -0.493 e. The molecule has 11 nitrogen and oxygen atoms in total. The summed E-state index contributed by atoms with van der Waals surface area (Å²) < 4.78 is 18.7. The van der Waals surface area contributed by atoms with Gasteiger partial charge in [0.2, 0.25) is 0 Å². The largest absolute Gasteiger partial charge is 0.493 e. The molecule has 1 aliphatic heterocycles. The number of hydrazone groups is 1. The Kier molecular flexibility index (Phi) is 9.69. The summed E-state index contributed by atoms with van der Waals surface area (Å²) in [6.07, 6.45) is 7.88. The van der Waals surface area contributed by atoms with Crippen LogP contribution in [0.25, 0.3) is 0 Å². The van der Waals surface area contributed by atoms with Gasteiger partial charge in [-0.3, -0.25) is 4.79 Å². The lowest BCUT2D eigenvalue weighted by atomic mass is 9.95. The number of amides is 3. The second-order valence-electron chi connectivity index (χ2n) is 10.3. The third-order valence-corrected chi connectivity index (χ3v) is 7.50. The molecule has 1 aromatic heterocycles. The molecular formula is C30H39N5O6. The van der Waals surface area contributed by atoms with Gasteiger partial charge in [-0.25, -0.2) is 15.0 Å². The van der Waals surface area contributed by atoms with Crippen LogP contribution in [0, 0.1) is 13.8 Å². The molecule has 0 saturated heterocycles. The van der Waals surface area contributed by atoms with Crippen molar-refractivity contribution in [3.05, 3.63) is 58.1 Å². The molecule has 1 fully saturated rings. The fraction of sp³-hybridized carbons (Fsp3) is 0.467. The molecule has 0 bridgehead atoms. The van der Waals surface area contributed by atoms with E-state index in [0.29, 0.717) is 34.4 Å². The van der Waals surface area contributed by atoms with Crippen molar-refractivity contribution in [2.24, 2.45) is 5.10 Å². The first kappa shape index (κ1) is 29.7. The summed E-state index contributed by atoms with van der Waals surface area (Å²) >= 11 is 0. The van der Waals surface area contributed by atoms with E-state index in [1.165, 1.54) is 44.9 Å². The summed E-state index contributed by atoms with van der Waals surface area (Å²) in [5, 5.41) is 9.50. The van der Waals surface area contributed by atoms with Crippen LogP contribution in [0.3, 0.4) is 0 Å². The van der Waals surface area contributed by atoms with Crippen molar-refractivity contribution in [3.8, 4) is 11.5 Å². The molecule has 0 unspecified atom stereocenters. The van der Waals surface area contributed by atoms with Gasteiger partial charge in [0.05, 0.1) is 31.5 Å². The molecule has 3 amide bonds. The number of carbonyl (C=O) groups excluding carboxylic acids is 3. The predicted molar refractivity (Wildman–Crippen MR) is 154 cm³/mol. The first-order chi connectivity index (χ1) is 19.7. The molecule has 0 radical (unpaired) electrons. The number of carbonyl (C=O) groups is 3. The van der Waals surface area contributed by atoms with E-state index in [1.54, 1.807) is 38.3 Å². The number of hydrogen-bond donors (Lipinski definition) is 3. The predicted octanol–water partition coefficient (Wildman–Crippen LogP) is 4.34. The van der Waals surface area contributed by atoms with Crippen molar-refractivity contribution in [2.45, 2.75) is 71.9 Å². The average Bonchev–Trinajstić information content (AvgIpc) is 3.24. The van der Waals surface area contributed by atoms with Crippen molar-refractivity contribution in [1.82, 2.24) is 20.6 Å². The van der Waals surface area contributed by atoms with Crippen molar-refractivity contribution in [1.29, 1.82) is 0 Å². The van der Waals surface area contributed by atoms with Crippen molar-refractivity contribution in [3.63, 3.8) is 0 Å².